The van der Waals surface area contributed by atoms with Crippen LogP contribution in [0.1, 0.15) is 35.3 Å². The van der Waals surface area contributed by atoms with Crippen molar-refractivity contribution in [2.24, 2.45) is 5.92 Å². The van der Waals surface area contributed by atoms with Crippen molar-refractivity contribution < 1.29 is 13.6 Å². The monoisotopic (exact) mass is 274 g/mol. The number of rotatable bonds is 4. The molecule has 0 amide bonds. The normalized spacial score (nSPS) is 10.8. The van der Waals surface area contributed by atoms with Gasteiger partial charge in [0.25, 0.3) is 0 Å². The van der Waals surface area contributed by atoms with Gasteiger partial charge in [-0.05, 0) is 30.0 Å². The van der Waals surface area contributed by atoms with E-state index in [9.17, 15) is 13.6 Å². The molecular formula is C17H16F2O. The van der Waals surface area contributed by atoms with Gasteiger partial charge < -0.3 is 0 Å². The highest BCUT2D eigenvalue weighted by molar-refractivity contribution is 6.09. The molecule has 20 heavy (non-hydrogen) atoms. The predicted molar refractivity (Wildman–Crippen MR) is 74.8 cm³/mol. The van der Waals surface area contributed by atoms with Gasteiger partial charge in [0.1, 0.15) is 11.6 Å². The minimum atomic E-state index is -0.832. The van der Waals surface area contributed by atoms with E-state index in [0.29, 0.717) is 11.5 Å². The summed E-state index contributed by atoms with van der Waals surface area (Å²) in [4.78, 5) is 12.1. The van der Waals surface area contributed by atoms with Crippen molar-refractivity contribution in [3.63, 3.8) is 0 Å². The smallest absolute Gasteiger partial charge is 0.198 e. The van der Waals surface area contributed by atoms with Crippen LogP contribution in [0.2, 0.25) is 0 Å². The molecule has 0 aromatic heterocycles. The van der Waals surface area contributed by atoms with Crippen LogP contribution in [0, 0.1) is 17.6 Å². The average Bonchev–Trinajstić information content (AvgIpc) is 2.38. The molecule has 1 nitrogen and oxygen atoms in total. The van der Waals surface area contributed by atoms with Crippen LogP contribution >= 0.6 is 0 Å². The third-order valence-corrected chi connectivity index (χ3v) is 3.05. The molecule has 0 bridgehead atoms. The zero-order valence-electron chi connectivity index (χ0n) is 11.5. The Morgan fingerprint density at radius 2 is 1.55 bits per heavy atom. The second-order valence-corrected chi connectivity index (χ2v) is 5.22. The Labute approximate surface area is 117 Å². The predicted octanol–water partition coefficient (Wildman–Crippen LogP) is 4.39. The summed E-state index contributed by atoms with van der Waals surface area (Å²) in [5.41, 5.74) is 0.899. The van der Waals surface area contributed by atoms with Crippen LogP contribution in [-0.2, 0) is 6.42 Å². The molecule has 0 aliphatic carbocycles. The fraction of sp³-hybridized carbons (Fsp3) is 0.235. The Bertz CT molecular complexity index is 595. The first-order chi connectivity index (χ1) is 9.49. The second kappa shape index (κ2) is 5.95. The van der Waals surface area contributed by atoms with Gasteiger partial charge in [-0.25, -0.2) is 8.78 Å². The average molecular weight is 274 g/mol. The number of ketones is 1. The zero-order valence-corrected chi connectivity index (χ0v) is 11.5. The van der Waals surface area contributed by atoms with Gasteiger partial charge in [-0.2, -0.15) is 0 Å². The van der Waals surface area contributed by atoms with Crippen molar-refractivity contribution in [3.8, 4) is 0 Å². The van der Waals surface area contributed by atoms with Crippen molar-refractivity contribution >= 4 is 5.78 Å². The fourth-order valence-electron chi connectivity index (χ4n) is 2.12. The maximum Gasteiger partial charge on any atom is 0.198 e. The molecule has 0 unspecified atom stereocenters. The van der Waals surface area contributed by atoms with E-state index < -0.39 is 23.0 Å². The van der Waals surface area contributed by atoms with Crippen LogP contribution in [0.25, 0.3) is 0 Å². The van der Waals surface area contributed by atoms with Gasteiger partial charge in [-0.15, -0.1) is 0 Å². The second-order valence-electron chi connectivity index (χ2n) is 5.22. The largest absolute Gasteiger partial charge is 0.288 e. The Morgan fingerprint density at radius 1 is 1.00 bits per heavy atom. The van der Waals surface area contributed by atoms with Crippen molar-refractivity contribution in [3.05, 3.63) is 70.8 Å². The van der Waals surface area contributed by atoms with Gasteiger partial charge in [0.2, 0.25) is 0 Å². The van der Waals surface area contributed by atoms with E-state index in [2.05, 4.69) is 13.8 Å². The summed E-state index contributed by atoms with van der Waals surface area (Å²) in [7, 11) is 0. The molecule has 0 N–H and O–H groups in total. The van der Waals surface area contributed by atoms with E-state index in [0.717, 1.165) is 24.1 Å². The number of benzene rings is 2. The molecule has 104 valence electrons. The maximum absolute atomic E-state index is 13.6. The highest BCUT2D eigenvalue weighted by Crippen LogP contribution is 2.18. The summed E-state index contributed by atoms with van der Waals surface area (Å²) in [6, 6.07) is 10.3. The van der Waals surface area contributed by atoms with Crippen LogP contribution in [0.4, 0.5) is 8.78 Å². The van der Waals surface area contributed by atoms with Crippen molar-refractivity contribution in [1.82, 2.24) is 0 Å². The lowest BCUT2D eigenvalue weighted by molar-refractivity contribution is 0.103. The molecule has 0 saturated heterocycles. The molecule has 0 aliphatic heterocycles. The SMILES string of the molecule is CC(C)Cc1ccc(C(=O)c2c(F)cccc2F)cc1. The molecule has 0 atom stereocenters. The molecule has 0 radical (unpaired) electrons. The van der Waals surface area contributed by atoms with E-state index in [1.54, 1.807) is 12.1 Å². The zero-order chi connectivity index (χ0) is 14.7. The third-order valence-electron chi connectivity index (χ3n) is 3.05. The van der Waals surface area contributed by atoms with E-state index in [-0.39, 0.29) is 0 Å². The molecule has 0 saturated carbocycles. The number of hydrogen-bond donors (Lipinski definition) is 0. The molecular weight excluding hydrogens is 258 g/mol. The van der Waals surface area contributed by atoms with Gasteiger partial charge in [0, 0.05) is 5.56 Å². The van der Waals surface area contributed by atoms with Gasteiger partial charge in [-0.3, -0.25) is 4.79 Å². The molecule has 2 aromatic rings. The molecule has 0 spiro atoms. The lowest BCUT2D eigenvalue weighted by atomic mass is 9.98. The van der Waals surface area contributed by atoms with E-state index >= 15 is 0 Å². The highest BCUT2D eigenvalue weighted by Gasteiger charge is 2.18. The summed E-state index contributed by atoms with van der Waals surface area (Å²) in [5, 5.41) is 0. The minimum absolute atomic E-state index is 0.293. The quantitative estimate of drug-likeness (QED) is 0.755. The van der Waals surface area contributed by atoms with Crippen LogP contribution in [-0.4, -0.2) is 5.78 Å². The molecule has 2 aromatic carbocycles. The number of halogens is 2. The summed E-state index contributed by atoms with van der Waals surface area (Å²) in [6.45, 7) is 4.21. The Kier molecular flexibility index (Phi) is 4.28. The topological polar surface area (TPSA) is 17.1 Å². The molecule has 2 rings (SSSR count). The van der Waals surface area contributed by atoms with Crippen molar-refractivity contribution in [2.45, 2.75) is 20.3 Å². The highest BCUT2D eigenvalue weighted by atomic mass is 19.1. The van der Waals surface area contributed by atoms with Crippen molar-refractivity contribution in [1.29, 1.82) is 0 Å². The fourth-order valence-corrected chi connectivity index (χ4v) is 2.12. The molecule has 0 heterocycles. The van der Waals surface area contributed by atoms with Crippen LogP contribution in [0.5, 0.6) is 0 Å². The maximum atomic E-state index is 13.6. The number of hydrogen-bond acceptors (Lipinski definition) is 1. The third kappa shape index (κ3) is 3.10. The first kappa shape index (κ1) is 14.4. The first-order valence-corrected chi connectivity index (χ1v) is 6.56. The molecule has 0 fully saturated rings. The standard InChI is InChI=1S/C17H16F2O/c1-11(2)10-12-6-8-13(9-7-12)17(20)16-14(18)4-3-5-15(16)19/h3-9,11H,10H2,1-2H3. The van der Waals surface area contributed by atoms with Gasteiger partial charge in [0.15, 0.2) is 5.78 Å². The number of carbonyl (C=O) groups is 1. The van der Waals surface area contributed by atoms with Gasteiger partial charge >= 0.3 is 0 Å². The first-order valence-electron chi connectivity index (χ1n) is 6.56. The summed E-state index contributed by atoms with van der Waals surface area (Å²) < 4.78 is 27.2. The van der Waals surface area contributed by atoms with E-state index in [1.165, 1.54) is 6.07 Å². The number of carbonyl (C=O) groups excluding carboxylic acids is 1. The molecule has 3 heteroatoms. The minimum Gasteiger partial charge on any atom is -0.288 e. The van der Waals surface area contributed by atoms with Crippen LogP contribution < -0.4 is 0 Å². The van der Waals surface area contributed by atoms with E-state index in [4.69, 9.17) is 0 Å². The summed E-state index contributed by atoms with van der Waals surface area (Å²) in [6.07, 6.45) is 0.905. The summed E-state index contributed by atoms with van der Waals surface area (Å²) >= 11 is 0. The van der Waals surface area contributed by atoms with Crippen LogP contribution in [0.15, 0.2) is 42.5 Å². The van der Waals surface area contributed by atoms with Gasteiger partial charge in [0.05, 0.1) is 5.56 Å². The Hall–Kier alpha value is -2.03. The van der Waals surface area contributed by atoms with Crippen molar-refractivity contribution in [2.75, 3.05) is 0 Å². The van der Waals surface area contributed by atoms with Crippen LogP contribution in [0.3, 0.4) is 0 Å². The summed E-state index contributed by atoms with van der Waals surface area (Å²) in [5.74, 6) is -1.78. The van der Waals surface area contributed by atoms with E-state index in [1.807, 2.05) is 12.1 Å². The molecule has 0 aliphatic rings. The Balaban J connectivity index is 2.30. The lowest BCUT2D eigenvalue weighted by Crippen LogP contribution is -2.07. The lowest BCUT2D eigenvalue weighted by Gasteiger charge is -2.07. The van der Waals surface area contributed by atoms with Gasteiger partial charge in [-0.1, -0.05) is 44.2 Å². The Morgan fingerprint density at radius 3 is 2.05 bits per heavy atom.